The Balaban J connectivity index is 3.15. The number of unbranched alkanes of at least 4 members (excludes halogenated alkanes) is 1. The zero-order valence-corrected chi connectivity index (χ0v) is 11.9. The fourth-order valence-electron chi connectivity index (χ4n) is 1.92. The summed E-state index contributed by atoms with van der Waals surface area (Å²) < 4.78 is 4.97. The lowest BCUT2D eigenvalue weighted by Gasteiger charge is -2.33. The number of benzene rings is 1. The maximum atomic E-state index is 12.2. The second-order valence-corrected chi connectivity index (χ2v) is 4.44. The van der Waals surface area contributed by atoms with E-state index in [4.69, 9.17) is 4.74 Å². The van der Waals surface area contributed by atoms with Crippen LogP contribution >= 0.6 is 0 Å². The smallest absolute Gasteiger partial charge is 0.349 e. The highest BCUT2D eigenvalue weighted by atomic mass is 16.6. The number of esters is 1. The van der Waals surface area contributed by atoms with E-state index >= 15 is 0 Å². The number of hydrogen-bond acceptors (Lipinski definition) is 5. The van der Waals surface area contributed by atoms with Gasteiger partial charge in [0.25, 0.3) is 0 Å². The first-order chi connectivity index (χ1) is 9.62. The Labute approximate surface area is 119 Å². The van der Waals surface area contributed by atoms with Crippen LogP contribution in [0.2, 0.25) is 0 Å². The Bertz CT molecular complexity index is 470. The first-order valence-corrected chi connectivity index (χ1v) is 6.75. The third kappa shape index (κ3) is 3.28. The Morgan fingerprint density at radius 1 is 1.40 bits per heavy atom. The van der Waals surface area contributed by atoms with Gasteiger partial charge in [-0.25, -0.2) is 9.86 Å². The van der Waals surface area contributed by atoms with E-state index in [1.54, 1.807) is 37.3 Å². The third-order valence-corrected chi connectivity index (χ3v) is 3.05. The minimum absolute atomic E-state index is 0.164. The van der Waals surface area contributed by atoms with Crippen LogP contribution in [0.5, 0.6) is 0 Å². The van der Waals surface area contributed by atoms with Gasteiger partial charge < -0.3 is 4.74 Å². The van der Waals surface area contributed by atoms with Crippen LogP contribution in [-0.4, -0.2) is 23.3 Å². The van der Waals surface area contributed by atoms with E-state index < -0.39 is 11.5 Å². The van der Waals surface area contributed by atoms with E-state index in [-0.39, 0.29) is 13.0 Å². The molecule has 0 radical (unpaired) electrons. The second-order valence-electron chi connectivity index (χ2n) is 4.44. The van der Waals surface area contributed by atoms with E-state index in [1.807, 2.05) is 13.0 Å². The van der Waals surface area contributed by atoms with Crippen molar-refractivity contribution in [2.45, 2.75) is 38.6 Å². The Hall–Kier alpha value is -2.06. The largest absolute Gasteiger partial charge is 0.463 e. The molecule has 0 heterocycles. The summed E-state index contributed by atoms with van der Waals surface area (Å²) in [6, 6.07) is 10.5. The van der Waals surface area contributed by atoms with Gasteiger partial charge in [-0.2, -0.15) is 5.26 Å². The van der Waals surface area contributed by atoms with Crippen molar-refractivity contribution in [3.05, 3.63) is 30.3 Å². The molecule has 0 bridgehead atoms. The number of nitriles is 1. The third-order valence-electron chi connectivity index (χ3n) is 3.05. The van der Waals surface area contributed by atoms with Gasteiger partial charge in [-0.05, 0) is 31.9 Å². The molecule has 1 aromatic carbocycles. The van der Waals surface area contributed by atoms with Crippen molar-refractivity contribution < 1.29 is 14.7 Å². The second kappa shape index (κ2) is 7.51. The minimum atomic E-state index is -1.70. The average molecular weight is 276 g/mol. The number of anilines is 1. The number of carbonyl (C=O) groups excluding carboxylic acids is 1. The number of para-hydroxylation sites is 1. The quantitative estimate of drug-likeness (QED) is 0.612. The summed E-state index contributed by atoms with van der Waals surface area (Å²) in [5, 5.41) is 20.6. The number of nitrogens with zero attached hydrogens (tertiary/aromatic N) is 2. The average Bonchev–Trinajstić information content (AvgIpc) is 2.49. The molecule has 1 N–H and O–H groups in total. The highest BCUT2D eigenvalue weighted by molar-refractivity contribution is 5.88. The fraction of sp³-hybridized carbons (Fsp3) is 0.467. The molecule has 5 heteroatoms. The molecule has 0 aliphatic heterocycles. The zero-order valence-electron chi connectivity index (χ0n) is 11.9. The van der Waals surface area contributed by atoms with Crippen LogP contribution in [0.15, 0.2) is 30.3 Å². The Morgan fingerprint density at radius 2 is 2.05 bits per heavy atom. The molecule has 0 fully saturated rings. The van der Waals surface area contributed by atoms with Crippen molar-refractivity contribution in [1.82, 2.24) is 0 Å². The molecular formula is C15H20N2O3. The van der Waals surface area contributed by atoms with E-state index in [0.717, 1.165) is 11.5 Å². The number of carbonyl (C=O) groups is 1. The monoisotopic (exact) mass is 276 g/mol. The molecule has 0 spiro atoms. The van der Waals surface area contributed by atoms with Crippen molar-refractivity contribution in [3.8, 4) is 6.07 Å². The molecule has 1 rings (SSSR count). The van der Waals surface area contributed by atoms with Gasteiger partial charge in [-0.3, -0.25) is 5.21 Å². The lowest BCUT2D eigenvalue weighted by atomic mass is 9.93. The number of hydroxylamine groups is 1. The fourth-order valence-corrected chi connectivity index (χ4v) is 1.92. The van der Waals surface area contributed by atoms with Crippen molar-refractivity contribution in [2.24, 2.45) is 0 Å². The van der Waals surface area contributed by atoms with Gasteiger partial charge in [0, 0.05) is 0 Å². The van der Waals surface area contributed by atoms with Gasteiger partial charge in [-0.1, -0.05) is 31.5 Å². The summed E-state index contributed by atoms with van der Waals surface area (Å²) in [4.78, 5) is 12.2. The molecule has 0 unspecified atom stereocenters. The maximum Gasteiger partial charge on any atom is 0.349 e. The molecule has 0 aliphatic rings. The molecule has 20 heavy (non-hydrogen) atoms. The van der Waals surface area contributed by atoms with Crippen LogP contribution in [0.4, 0.5) is 5.69 Å². The van der Waals surface area contributed by atoms with Gasteiger partial charge in [0.1, 0.15) is 6.07 Å². The molecule has 0 amide bonds. The molecule has 1 atom stereocenters. The molecule has 0 saturated heterocycles. The minimum Gasteiger partial charge on any atom is -0.463 e. The van der Waals surface area contributed by atoms with Gasteiger partial charge >= 0.3 is 5.97 Å². The van der Waals surface area contributed by atoms with Crippen molar-refractivity contribution >= 4 is 11.7 Å². The SMILES string of the molecule is CCCC[C@](C#N)(C(=O)OCC)N(O)c1ccccc1. The molecule has 5 nitrogen and oxygen atoms in total. The van der Waals surface area contributed by atoms with Crippen molar-refractivity contribution in [1.29, 1.82) is 5.26 Å². The van der Waals surface area contributed by atoms with Crippen LogP contribution in [-0.2, 0) is 9.53 Å². The normalized spacial score (nSPS) is 13.1. The first kappa shape index (κ1) is 16.0. The van der Waals surface area contributed by atoms with Gasteiger partial charge in [-0.15, -0.1) is 0 Å². The summed E-state index contributed by atoms with van der Waals surface area (Å²) >= 11 is 0. The lowest BCUT2D eigenvalue weighted by molar-refractivity contribution is -0.150. The highest BCUT2D eigenvalue weighted by Crippen LogP contribution is 2.28. The lowest BCUT2D eigenvalue weighted by Crippen LogP contribution is -2.53. The van der Waals surface area contributed by atoms with Gasteiger partial charge in [0.2, 0.25) is 5.54 Å². The Morgan fingerprint density at radius 3 is 2.55 bits per heavy atom. The van der Waals surface area contributed by atoms with Crippen LogP contribution in [0, 0.1) is 11.3 Å². The molecule has 0 aromatic heterocycles. The summed E-state index contributed by atoms with van der Waals surface area (Å²) in [5.74, 6) is -0.720. The number of hydrogen-bond donors (Lipinski definition) is 1. The van der Waals surface area contributed by atoms with Crippen molar-refractivity contribution in [3.63, 3.8) is 0 Å². The molecule has 108 valence electrons. The predicted octanol–water partition coefficient (Wildman–Crippen LogP) is 2.90. The number of ether oxygens (including phenoxy) is 1. The topological polar surface area (TPSA) is 73.6 Å². The first-order valence-electron chi connectivity index (χ1n) is 6.75. The van der Waals surface area contributed by atoms with E-state index in [9.17, 15) is 15.3 Å². The van der Waals surface area contributed by atoms with E-state index in [0.29, 0.717) is 12.1 Å². The standard InChI is InChI=1S/C15H20N2O3/c1-3-5-11-15(12-16,14(18)20-4-2)17(19)13-9-7-6-8-10-13/h6-10,19H,3-5,11H2,1-2H3/t15-/m0/s1. The van der Waals surface area contributed by atoms with Gasteiger partial charge in [0.15, 0.2) is 0 Å². The molecule has 1 aromatic rings. The van der Waals surface area contributed by atoms with Crippen LogP contribution in [0.1, 0.15) is 33.1 Å². The highest BCUT2D eigenvalue weighted by Gasteiger charge is 2.46. The maximum absolute atomic E-state index is 12.2. The van der Waals surface area contributed by atoms with E-state index in [1.165, 1.54) is 0 Å². The number of rotatable bonds is 7. The van der Waals surface area contributed by atoms with Crippen LogP contribution in [0.3, 0.4) is 0 Å². The van der Waals surface area contributed by atoms with Crippen LogP contribution < -0.4 is 5.06 Å². The zero-order chi connectivity index (χ0) is 15.0. The molecule has 0 aliphatic carbocycles. The van der Waals surface area contributed by atoms with Crippen LogP contribution in [0.25, 0.3) is 0 Å². The molecule has 0 saturated carbocycles. The predicted molar refractivity (Wildman–Crippen MR) is 75.2 cm³/mol. The Kier molecular flexibility index (Phi) is 6.01. The summed E-state index contributed by atoms with van der Waals surface area (Å²) in [6.07, 6.45) is 1.66. The van der Waals surface area contributed by atoms with E-state index in [2.05, 4.69) is 0 Å². The summed E-state index contributed by atoms with van der Waals surface area (Å²) in [6.45, 7) is 3.79. The summed E-state index contributed by atoms with van der Waals surface area (Å²) in [7, 11) is 0. The van der Waals surface area contributed by atoms with Gasteiger partial charge in [0.05, 0.1) is 12.3 Å². The van der Waals surface area contributed by atoms with Crippen molar-refractivity contribution in [2.75, 3.05) is 11.7 Å². The molecular weight excluding hydrogens is 256 g/mol. The summed E-state index contributed by atoms with van der Waals surface area (Å²) in [5.41, 5.74) is -1.31.